The number of amides is 1. The van der Waals surface area contributed by atoms with E-state index in [-0.39, 0.29) is 12.5 Å². The maximum absolute atomic E-state index is 12.8. The minimum Gasteiger partial charge on any atom is -0.375 e. The van der Waals surface area contributed by atoms with Gasteiger partial charge < -0.3 is 10.1 Å². The van der Waals surface area contributed by atoms with E-state index in [0.717, 1.165) is 22.3 Å². The molecule has 4 aromatic rings. The number of carbonyl (C=O) groups is 1. The summed E-state index contributed by atoms with van der Waals surface area (Å²) in [5.41, 5.74) is 4.73. The smallest absolute Gasteiger partial charge is 0.251 e. The number of rotatable bonds is 11. The number of hydrogen-bond donors (Lipinski definition) is 1. The van der Waals surface area contributed by atoms with E-state index in [0.29, 0.717) is 31.0 Å². The van der Waals surface area contributed by atoms with Gasteiger partial charge in [-0.05, 0) is 34.9 Å². The van der Waals surface area contributed by atoms with E-state index in [1.165, 1.54) is 10.6 Å². The van der Waals surface area contributed by atoms with E-state index in [1.54, 1.807) is 24.3 Å². The van der Waals surface area contributed by atoms with Crippen LogP contribution in [0.1, 0.15) is 21.5 Å². The van der Waals surface area contributed by atoms with Crippen LogP contribution in [0.3, 0.4) is 0 Å². The first-order valence-electron chi connectivity index (χ1n) is 12.0. The number of nitrogens with zero attached hydrogens (tertiary/aromatic N) is 1. The Kier molecular flexibility index (Phi) is 8.72. The van der Waals surface area contributed by atoms with E-state index < -0.39 is 10.0 Å². The lowest BCUT2D eigenvalue weighted by molar-refractivity contribution is 0.0901. The first-order chi connectivity index (χ1) is 17.9. The summed E-state index contributed by atoms with van der Waals surface area (Å²) in [7, 11) is -3.57. The Balaban J connectivity index is 1.39. The molecule has 0 spiro atoms. The first kappa shape index (κ1) is 26.1. The van der Waals surface area contributed by atoms with Crippen LogP contribution >= 0.6 is 0 Å². The lowest BCUT2D eigenvalue weighted by Crippen LogP contribution is -2.30. The Hall–Kier alpha value is -3.94. The predicted molar refractivity (Wildman–Crippen MR) is 148 cm³/mol. The second-order valence-corrected chi connectivity index (χ2v) is 10.6. The van der Waals surface area contributed by atoms with Gasteiger partial charge in [-0.25, -0.2) is 8.42 Å². The van der Waals surface area contributed by atoms with E-state index in [9.17, 15) is 13.2 Å². The number of carbonyl (C=O) groups excluding carboxylic acids is 1. The third-order valence-corrected chi connectivity index (χ3v) is 6.97. The highest BCUT2D eigenvalue weighted by atomic mass is 32.2. The van der Waals surface area contributed by atoms with Crippen molar-refractivity contribution in [3.63, 3.8) is 0 Å². The molecule has 37 heavy (non-hydrogen) atoms. The maximum atomic E-state index is 12.8. The summed E-state index contributed by atoms with van der Waals surface area (Å²) in [6.07, 6.45) is 1.20. The molecule has 1 amide bonds. The van der Waals surface area contributed by atoms with Crippen molar-refractivity contribution in [1.29, 1.82) is 0 Å². The second-order valence-electron chi connectivity index (χ2n) is 8.64. The van der Waals surface area contributed by atoms with Crippen molar-refractivity contribution in [3.05, 3.63) is 126 Å². The van der Waals surface area contributed by atoms with Crippen LogP contribution in [0.5, 0.6) is 0 Å². The highest BCUT2D eigenvalue weighted by Crippen LogP contribution is 2.33. The van der Waals surface area contributed by atoms with Gasteiger partial charge in [-0.3, -0.25) is 9.10 Å². The van der Waals surface area contributed by atoms with E-state index >= 15 is 0 Å². The fourth-order valence-corrected chi connectivity index (χ4v) is 4.86. The molecule has 4 rings (SSSR count). The molecule has 0 aliphatic heterocycles. The van der Waals surface area contributed by atoms with Crippen molar-refractivity contribution in [2.75, 3.05) is 23.7 Å². The summed E-state index contributed by atoms with van der Waals surface area (Å²) in [6.45, 7) is 1.45. The molecular weight excluding hydrogens is 484 g/mol. The molecular formula is C30H30N2O4S. The van der Waals surface area contributed by atoms with Crippen LogP contribution in [0.25, 0.3) is 11.1 Å². The number of sulfonamides is 1. The molecule has 0 unspecified atom stereocenters. The third kappa shape index (κ3) is 7.29. The van der Waals surface area contributed by atoms with Crippen molar-refractivity contribution in [1.82, 2.24) is 5.32 Å². The van der Waals surface area contributed by atoms with Gasteiger partial charge in [0.2, 0.25) is 10.0 Å². The van der Waals surface area contributed by atoms with Crippen LogP contribution in [-0.4, -0.2) is 33.7 Å². The molecule has 0 radical (unpaired) electrons. The van der Waals surface area contributed by atoms with Crippen LogP contribution in [0.4, 0.5) is 5.69 Å². The van der Waals surface area contributed by atoms with Gasteiger partial charge >= 0.3 is 0 Å². The van der Waals surface area contributed by atoms with Crippen LogP contribution in [-0.2, 0) is 27.9 Å². The van der Waals surface area contributed by atoms with Crippen LogP contribution < -0.4 is 9.62 Å². The number of benzene rings is 4. The Morgan fingerprint density at radius 1 is 0.784 bits per heavy atom. The number of ether oxygens (including phenoxy) is 1. The summed E-state index contributed by atoms with van der Waals surface area (Å²) in [5.74, 6) is -0.204. The summed E-state index contributed by atoms with van der Waals surface area (Å²) < 4.78 is 32.6. The van der Waals surface area contributed by atoms with Gasteiger partial charge in [-0.15, -0.1) is 0 Å². The van der Waals surface area contributed by atoms with Crippen LogP contribution in [0.2, 0.25) is 0 Å². The minimum atomic E-state index is -3.57. The van der Waals surface area contributed by atoms with Crippen LogP contribution in [0.15, 0.2) is 109 Å². The SMILES string of the molecule is CS(=O)(=O)N(Cc1ccc(C(=O)NCCOCc2ccccc2)cc1)c1ccccc1-c1ccccc1. The summed E-state index contributed by atoms with van der Waals surface area (Å²) >= 11 is 0. The third-order valence-electron chi connectivity index (χ3n) is 5.84. The Bertz CT molecular complexity index is 1410. The Morgan fingerprint density at radius 3 is 2.08 bits per heavy atom. The highest BCUT2D eigenvalue weighted by molar-refractivity contribution is 7.92. The van der Waals surface area contributed by atoms with Gasteiger partial charge in [0.05, 0.1) is 31.7 Å². The van der Waals surface area contributed by atoms with Gasteiger partial charge in [-0.2, -0.15) is 0 Å². The number of nitrogens with one attached hydrogen (secondary N) is 1. The zero-order valence-electron chi connectivity index (χ0n) is 20.7. The normalized spacial score (nSPS) is 11.2. The molecule has 0 saturated carbocycles. The summed E-state index contributed by atoms with van der Waals surface area (Å²) in [6, 6.07) is 34.0. The van der Waals surface area contributed by atoms with E-state index in [2.05, 4.69) is 5.32 Å². The highest BCUT2D eigenvalue weighted by Gasteiger charge is 2.21. The average Bonchev–Trinajstić information content (AvgIpc) is 2.92. The molecule has 0 aromatic heterocycles. The molecule has 6 nitrogen and oxygen atoms in total. The van der Waals surface area contributed by atoms with Gasteiger partial charge in [0.25, 0.3) is 5.91 Å². The zero-order chi connectivity index (χ0) is 26.1. The van der Waals surface area contributed by atoms with Gasteiger partial charge in [-0.1, -0.05) is 91.0 Å². The Labute approximate surface area is 218 Å². The molecule has 0 fully saturated rings. The zero-order valence-corrected chi connectivity index (χ0v) is 21.5. The molecule has 0 saturated heterocycles. The molecule has 0 aliphatic carbocycles. The predicted octanol–water partition coefficient (Wildman–Crippen LogP) is 5.27. The molecule has 4 aromatic carbocycles. The lowest BCUT2D eigenvalue weighted by Gasteiger charge is -2.25. The van der Waals surface area contributed by atoms with Gasteiger partial charge in [0.1, 0.15) is 0 Å². The topological polar surface area (TPSA) is 75.7 Å². The molecule has 0 bridgehead atoms. The fourth-order valence-electron chi connectivity index (χ4n) is 3.96. The number of para-hydroxylation sites is 1. The molecule has 0 heterocycles. The summed E-state index contributed by atoms with van der Waals surface area (Å²) in [5, 5.41) is 2.85. The Morgan fingerprint density at radius 2 is 1.41 bits per heavy atom. The first-order valence-corrected chi connectivity index (χ1v) is 13.9. The largest absolute Gasteiger partial charge is 0.375 e. The van der Waals surface area contributed by atoms with E-state index in [1.807, 2.05) is 84.9 Å². The molecule has 1 N–H and O–H groups in total. The van der Waals surface area contributed by atoms with Crippen molar-refractivity contribution >= 4 is 21.6 Å². The second kappa shape index (κ2) is 12.3. The minimum absolute atomic E-state index is 0.151. The maximum Gasteiger partial charge on any atom is 0.251 e. The van der Waals surface area contributed by atoms with Crippen molar-refractivity contribution < 1.29 is 17.9 Å². The number of hydrogen-bond acceptors (Lipinski definition) is 4. The van der Waals surface area contributed by atoms with Crippen molar-refractivity contribution in [2.24, 2.45) is 0 Å². The monoisotopic (exact) mass is 514 g/mol. The molecule has 0 atom stereocenters. The number of anilines is 1. The van der Waals surface area contributed by atoms with E-state index in [4.69, 9.17) is 4.74 Å². The average molecular weight is 515 g/mol. The van der Waals surface area contributed by atoms with Crippen molar-refractivity contribution in [2.45, 2.75) is 13.2 Å². The van der Waals surface area contributed by atoms with Crippen LogP contribution in [0, 0.1) is 0 Å². The van der Waals surface area contributed by atoms with Gasteiger partial charge in [0.15, 0.2) is 0 Å². The standard InChI is InChI=1S/C30H30N2O4S/c1-37(34,35)32(29-15-9-8-14-28(29)26-12-6-3-7-13-26)22-24-16-18-27(19-17-24)30(33)31-20-21-36-23-25-10-4-2-5-11-25/h2-19H,20-23H2,1H3,(H,31,33). The van der Waals surface area contributed by atoms with Gasteiger partial charge in [0, 0.05) is 17.7 Å². The quantitative estimate of drug-likeness (QED) is 0.277. The molecule has 0 aliphatic rings. The van der Waals surface area contributed by atoms with Crippen molar-refractivity contribution in [3.8, 4) is 11.1 Å². The lowest BCUT2D eigenvalue weighted by atomic mass is 10.0. The molecule has 7 heteroatoms. The summed E-state index contributed by atoms with van der Waals surface area (Å²) in [4.78, 5) is 12.5. The fraction of sp³-hybridized carbons (Fsp3) is 0.167. The molecule has 190 valence electrons.